The molecule has 5 nitrogen and oxygen atoms in total. The van der Waals surface area contributed by atoms with Gasteiger partial charge < -0.3 is 10.4 Å². The summed E-state index contributed by atoms with van der Waals surface area (Å²) in [5, 5.41) is 17.6. The molecule has 3 rings (SSSR count). The largest absolute Gasteiger partial charge is 0.384 e. The van der Waals surface area contributed by atoms with Crippen LogP contribution in [0.25, 0.3) is 0 Å². The molecule has 3 aromatic rings. The van der Waals surface area contributed by atoms with Gasteiger partial charge in [0, 0.05) is 13.5 Å². The van der Waals surface area contributed by atoms with Gasteiger partial charge in [0.15, 0.2) is 0 Å². The molecule has 0 radical (unpaired) electrons. The number of nitrogens with one attached hydrogen (secondary N) is 1. The smallest absolute Gasteiger partial charge is 0.254 e. The number of amides is 1. The number of hydrogen-bond donors (Lipinski definition) is 2. The van der Waals surface area contributed by atoms with E-state index in [0.29, 0.717) is 17.5 Å². The maximum Gasteiger partial charge on any atom is 0.254 e. The van der Waals surface area contributed by atoms with Crippen LogP contribution in [0.1, 0.15) is 34.1 Å². The third-order valence-electron chi connectivity index (χ3n) is 4.58. The summed E-state index contributed by atoms with van der Waals surface area (Å²) in [5.41, 5.74) is 1.55. The van der Waals surface area contributed by atoms with Crippen LogP contribution >= 0.6 is 0 Å². The first-order valence-electron chi connectivity index (χ1n) is 8.68. The van der Waals surface area contributed by atoms with Crippen molar-refractivity contribution < 1.29 is 14.3 Å². The Labute approximate surface area is 157 Å². The Morgan fingerprint density at radius 1 is 1.19 bits per heavy atom. The molecular weight excluding hydrogens is 345 g/mol. The first kappa shape index (κ1) is 18.8. The molecule has 1 unspecified atom stereocenters. The average molecular weight is 367 g/mol. The Hall–Kier alpha value is -2.99. The maximum atomic E-state index is 13.1. The minimum absolute atomic E-state index is 0.00284. The zero-order chi connectivity index (χ0) is 19.4. The second-order valence-corrected chi connectivity index (χ2v) is 6.75. The third-order valence-corrected chi connectivity index (χ3v) is 4.58. The number of rotatable bonds is 6. The number of benzene rings is 2. The molecule has 2 N–H and O–H groups in total. The molecule has 0 aliphatic carbocycles. The summed E-state index contributed by atoms with van der Waals surface area (Å²) in [6, 6.07) is 15.4. The number of halogens is 1. The highest BCUT2D eigenvalue weighted by atomic mass is 19.1. The average Bonchev–Trinajstić information content (AvgIpc) is 3.02. The van der Waals surface area contributed by atoms with Crippen LogP contribution in [0.3, 0.4) is 0 Å². The van der Waals surface area contributed by atoms with Crippen molar-refractivity contribution >= 4 is 5.91 Å². The van der Waals surface area contributed by atoms with Gasteiger partial charge in [0.05, 0.1) is 24.0 Å². The van der Waals surface area contributed by atoms with Crippen molar-refractivity contribution in [3.05, 3.63) is 89.0 Å². The number of aromatic nitrogens is 2. The lowest BCUT2D eigenvalue weighted by Crippen LogP contribution is -2.38. The van der Waals surface area contributed by atoms with Crippen LogP contribution < -0.4 is 5.32 Å². The van der Waals surface area contributed by atoms with Crippen molar-refractivity contribution in [2.75, 3.05) is 6.54 Å². The van der Waals surface area contributed by atoms with Gasteiger partial charge in [0.1, 0.15) is 11.4 Å². The van der Waals surface area contributed by atoms with Crippen molar-refractivity contribution in [1.82, 2.24) is 15.1 Å². The lowest BCUT2D eigenvalue weighted by molar-refractivity contribution is 0.0525. The molecule has 1 atom stereocenters. The second-order valence-electron chi connectivity index (χ2n) is 6.75. The van der Waals surface area contributed by atoms with E-state index < -0.39 is 5.60 Å². The fourth-order valence-electron chi connectivity index (χ4n) is 2.91. The van der Waals surface area contributed by atoms with Gasteiger partial charge >= 0.3 is 0 Å². The van der Waals surface area contributed by atoms with E-state index in [0.717, 1.165) is 11.3 Å². The summed E-state index contributed by atoms with van der Waals surface area (Å²) in [6.07, 6.45) is 2.11. The van der Waals surface area contributed by atoms with Gasteiger partial charge in [-0.3, -0.25) is 9.48 Å². The summed E-state index contributed by atoms with van der Waals surface area (Å²) < 4.78 is 14.8. The standard InChI is InChI=1S/C21H22FN3O2/c1-21(27,16-8-10-17(22)11-9-16)14-23-20(26)18-13-24-25(2)19(18)12-15-6-4-3-5-7-15/h3-11,13,27H,12,14H2,1-2H3,(H,23,26). The predicted octanol–water partition coefficient (Wildman–Crippen LogP) is 2.79. The molecule has 0 fully saturated rings. The zero-order valence-corrected chi connectivity index (χ0v) is 15.3. The normalized spacial score (nSPS) is 13.2. The van der Waals surface area contributed by atoms with Crippen molar-refractivity contribution in [2.24, 2.45) is 7.05 Å². The van der Waals surface area contributed by atoms with E-state index in [9.17, 15) is 14.3 Å². The van der Waals surface area contributed by atoms with Gasteiger partial charge in [-0.25, -0.2) is 4.39 Å². The first-order chi connectivity index (χ1) is 12.9. The summed E-state index contributed by atoms with van der Waals surface area (Å²) in [7, 11) is 1.80. The van der Waals surface area contributed by atoms with Gasteiger partial charge in [-0.1, -0.05) is 42.5 Å². The number of nitrogens with zero attached hydrogens (tertiary/aromatic N) is 2. The van der Waals surface area contributed by atoms with Gasteiger partial charge in [-0.05, 0) is 30.2 Å². The SMILES string of the molecule is Cn1ncc(C(=O)NCC(C)(O)c2ccc(F)cc2)c1Cc1ccccc1. The van der Waals surface area contributed by atoms with Crippen LogP contribution in [0, 0.1) is 5.82 Å². The maximum absolute atomic E-state index is 13.1. The number of aryl methyl sites for hydroxylation is 1. The van der Waals surface area contributed by atoms with Crippen molar-refractivity contribution in [2.45, 2.75) is 18.9 Å². The quantitative estimate of drug-likeness (QED) is 0.704. The predicted molar refractivity (Wildman–Crippen MR) is 101 cm³/mol. The molecule has 0 spiro atoms. The molecule has 0 saturated heterocycles. The van der Waals surface area contributed by atoms with Crippen LogP contribution in [0.2, 0.25) is 0 Å². The Kier molecular flexibility index (Phi) is 5.37. The number of carbonyl (C=O) groups excluding carboxylic acids is 1. The highest BCUT2D eigenvalue weighted by Crippen LogP contribution is 2.20. The monoisotopic (exact) mass is 367 g/mol. The fourth-order valence-corrected chi connectivity index (χ4v) is 2.91. The minimum Gasteiger partial charge on any atom is -0.384 e. The van der Waals surface area contributed by atoms with Crippen LogP contribution in [0.15, 0.2) is 60.8 Å². The third kappa shape index (κ3) is 4.41. The molecule has 1 aromatic heterocycles. The molecule has 1 amide bonds. The molecule has 0 aliphatic rings. The van der Waals surface area contributed by atoms with E-state index in [1.807, 2.05) is 30.3 Å². The molecule has 140 valence electrons. The van der Waals surface area contributed by atoms with E-state index >= 15 is 0 Å². The van der Waals surface area contributed by atoms with Gasteiger partial charge in [0.2, 0.25) is 0 Å². The summed E-state index contributed by atoms with van der Waals surface area (Å²) in [4.78, 5) is 12.7. The van der Waals surface area contributed by atoms with Gasteiger partial charge in [-0.15, -0.1) is 0 Å². The Morgan fingerprint density at radius 2 is 1.85 bits per heavy atom. The molecule has 6 heteroatoms. The number of aliphatic hydroxyl groups is 1. The van der Waals surface area contributed by atoms with Crippen LogP contribution in [-0.4, -0.2) is 27.3 Å². The van der Waals surface area contributed by atoms with E-state index in [1.165, 1.54) is 30.5 Å². The summed E-state index contributed by atoms with van der Waals surface area (Å²) in [5.74, 6) is -0.684. The minimum atomic E-state index is -1.31. The molecule has 2 aromatic carbocycles. The molecular formula is C21H22FN3O2. The number of hydrogen-bond acceptors (Lipinski definition) is 3. The van der Waals surface area contributed by atoms with Crippen molar-refractivity contribution in [3.8, 4) is 0 Å². The summed E-state index contributed by atoms with van der Waals surface area (Å²) >= 11 is 0. The Bertz CT molecular complexity index is 918. The highest BCUT2D eigenvalue weighted by molar-refractivity contribution is 5.95. The van der Waals surface area contributed by atoms with E-state index in [-0.39, 0.29) is 18.3 Å². The van der Waals surface area contributed by atoms with Crippen LogP contribution in [-0.2, 0) is 19.1 Å². The number of carbonyl (C=O) groups is 1. The molecule has 1 heterocycles. The van der Waals surface area contributed by atoms with E-state index in [1.54, 1.807) is 18.7 Å². The van der Waals surface area contributed by atoms with Crippen molar-refractivity contribution in [3.63, 3.8) is 0 Å². The van der Waals surface area contributed by atoms with Crippen molar-refractivity contribution in [1.29, 1.82) is 0 Å². The topological polar surface area (TPSA) is 67.2 Å². The fraction of sp³-hybridized carbons (Fsp3) is 0.238. The zero-order valence-electron chi connectivity index (χ0n) is 15.3. The molecule has 0 aliphatic heterocycles. The van der Waals surface area contributed by atoms with E-state index in [2.05, 4.69) is 10.4 Å². The lowest BCUT2D eigenvalue weighted by Gasteiger charge is -2.24. The van der Waals surface area contributed by atoms with Crippen LogP contribution in [0.5, 0.6) is 0 Å². The highest BCUT2D eigenvalue weighted by Gasteiger charge is 2.25. The Morgan fingerprint density at radius 3 is 2.52 bits per heavy atom. The first-order valence-corrected chi connectivity index (χ1v) is 8.68. The summed E-state index contributed by atoms with van der Waals surface area (Å²) in [6.45, 7) is 1.58. The van der Waals surface area contributed by atoms with Crippen LogP contribution in [0.4, 0.5) is 4.39 Å². The molecule has 0 bridgehead atoms. The van der Waals surface area contributed by atoms with Gasteiger partial charge in [0.25, 0.3) is 5.91 Å². The Balaban J connectivity index is 1.72. The van der Waals surface area contributed by atoms with E-state index in [4.69, 9.17) is 0 Å². The molecule has 27 heavy (non-hydrogen) atoms. The molecule has 0 saturated carbocycles. The lowest BCUT2D eigenvalue weighted by atomic mass is 9.96. The second kappa shape index (κ2) is 7.72. The van der Waals surface area contributed by atoms with Gasteiger partial charge in [-0.2, -0.15) is 5.10 Å².